The molecule has 24 heavy (non-hydrogen) atoms. The Labute approximate surface area is 147 Å². The van der Waals surface area contributed by atoms with Crippen LogP contribution in [0.1, 0.15) is 83.7 Å². The van der Waals surface area contributed by atoms with E-state index >= 15 is 0 Å². The largest absolute Gasteiger partial charge is 0.425 e. The molecule has 1 aromatic heterocycles. The van der Waals surface area contributed by atoms with Crippen molar-refractivity contribution in [2.24, 2.45) is 11.8 Å². The van der Waals surface area contributed by atoms with Gasteiger partial charge in [-0.3, -0.25) is 9.78 Å². The van der Waals surface area contributed by atoms with E-state index in [0.717, 1.165) is 24.0 Å². The Balaban J connectivity index is 1.66. The van der Waals surface area contributed by atoms with Crippen LogP contribution in [0.4, 0.5) is 0 Å². The van der Waals surface area contributed by atoms with E-state index in [1.54, 1.807) is 13.1 Å². The molecule has 2 rings (SSSR count). The molecule has 3 nitrogen and oxygen atoms in total. The zero-order valence-electron chi connectivity index (χ0n) is 15.4. The van der Waals surface area contributed by atoms with Gasteiger partial charge in [-0.05, 0) is 36.8 Å². The van der Waals surface area contributed by atoms with Gasteiger partial charge >= 0.3 is 5.97 Å². The van der Waals surface area contributed by atoms with Crippen LogP contribution in [-0.4, -0.2) is 11.0 Å². The van der Waals surface area contributed by atoms with Crippen molar-refractivity contribution in [2.75, 3.05) is 0 Å². The Morgan fingerprint density at radius 1 is 1.08 bits per heavy atom. The molecule has 0 bridgehead atoms. The molecule has 0 radical (unpaired) electrons. The summed E-state index contributed by atoms with van der Waals surface area (Å²) in [5.74, 6) is 2.20. The van der Waals surface area contributed by atoms with Crippen molar-refractivity contribution >= 4 is 5.97 Å². The number of nitrogens with zero attached hydrogens (tertiary/aromatic N) is 1. The molecule has 0 amide bonds. The molecule has 134 valence electrons. The molecule has 1 aliphatic carbocycles. The van der Waals surface area contributed by atoms with Gasteiger partial charge in [0.2, 0.25) is 0 Å². The summed E-state index contributed by atoms with van der Waals surface area (Å²) in [4.78, 5) is 15.7. The van der Waals surface area contributed by atoms with Crippen LogP contribution >= 0.6 is 0 Å². The number of aryl methyl sites for hydroxylation is 1. The van der Waals surface area contributed by atoms with Crippen LogP contribution in [0.15, 0.2) is 18.3 Å². The highest BCUT2D eigenvalue weighted by Gasteiger charge is 2.20. The average molecular weight is 332 g/mol. The summed E-state index contributed by atoms with van der Waals surface area (Å²) in [5, 5.41) is 0. The highest BCUT2D eigenvalue weighted by atomic mass is 16.5. The van der Waals surface area contributed by atoms with Crippen molar-refractivity contribution in [3.63, 3.8) is 0 Å². The summed E-state index contributed by atoms with van der Waals surface area (Å²) in [6, 6.07) is 3.86. The van der Waals surface area contributed by atoms with Crippen LogP contribution in [0.25, 0.3) is 0 Å². The molecule has 1 saturated carbocycles. The van der Waals surface area contributed by atoms with Crippen LogP contribution < -0.4 is 4.74 Å². The molecule has 0 N–H and O–H groups in total. The number of hydrogen-bond acceptors (Lipinski definition) is 3. The topological polar surface area (TPSA) is 39.2 Å². The zero-order chi connectivity index (χ0) is 17.2. The average Bonchev–Trinajstić information content (AvgIpc) is 2.62. The van der Waals surface area contributed by atoms with E-state index in [9.17, 15) is 4.79 Å². The molecule has 0 atom stereocenters. The van der Waals surface area contributed by atoms with Crippen LogP contribution in [0.5, 0.6) is 5.75 Å². The molecule has 1 aliphatic rings. The van der Waals surface area contributed by atoms with E-state index in [2.05, 4.69) is 11.9 Å². The number of carbonyl (C=O) groups is 1. The number of unbranched alkanes of at least 4 members (excludes halogenated alkanes) is 2. The molecular weight excluding hydrogens is 298 g/mol. The standard InChI is InChI=1S/C21H33NO2/c1-3-5-6-7-17-8-10-18(11-9-17)12-13-19-14-15-20(16-22-19)24-21(23)4-2/h14-18H,3-13H2,1-2H3. The third kappa shape index (κ3) is 6.62. The SMILES string of the molecule is CCCCCC1CCC(CCc2ccc(OC(=O)CC)cn2)CC1. The Morgan fingerprint density at radius 3 is 2.38 bits per heavy atom. The number of aromatic nitrogens is 1. The van der Waals surface area contributed by atoms with E-state index in [1.165, 1.54) is 57.8 Å². The van der Waals surface area contributed by atoms with E-state index < -0.39 is 0 Å². The van der Waals surface area contributed by atoms with Gasteiger partial charge in [0.25, 0.3) is 0 Å². The number of esters is 1. The van der Waals surface area contributed by atoms with Crippen molar-refractivity contribution in [3.05, 3.63) is 24.0 Å². The molecule has 0 aliphatic heterocycles. The maximum absolute atomic E-state index is 11.3. The zero-order valence-corrected chi connectivity index (χ0v) is 15.4. The minimum atomic E-state index is -0.208. The summed E-state index contributed by atoms with van der Waals surface area (Å²) in [6.45, 7) is 4.08. The van der Waals surface area contributed by atoms with E-state index in [1.807, 2.05) is 12.1 Å². The van der Waals surface area contributed by atoms with Gasteiger partial charge in [0, 0.05) is 12.1 Å². The lowest BCUT2D eigenvalue weighted by Crippen LogP contribution is -2.15. The van der Waals surface area contributed by atoms with E-state index in [-0.39, 0.29) is 5.97 Å². The van der Waals surface area contributed by atoms with Crippen LogP contribution in [-0.2, 0) is 11.2 Å². The Bertz CT molecular complexity index is 475. The van der Waals surface area contributed by atoms with Gasteiger partial charge in [0.1, 0.15) is 5.75 Å². The Hall–Kier alpha value is -1.38. The number of carbonyl (C=O) groups excluding carboxylic acids is 1. The molecule has 0 unspecified atom stereocenters. The third-order valence-electron chi connectivity index (χ3n) is 5.31. The fraction of sp³-hybridized carbons (Fsp3) is 0.714. The summed E-state index contributed by atoms with van der Waals surface area (Å²) < 4.78 is 5.16. The highest BCUT2D eigenvalue weighted by molar-refractivity contribution is 5.71. The summed E-state index contributed by atoms with van der Waals surface area (Å²) in [5.41, 5.74) is 1.11. The molecule has 3 heteroatoms. The summed E-state index contributed by atoms with van der Waals surface area (Å²) in [6.07, 6.45) is 15.6. The lowest BCUT2D eigenvalue weighted by molar-refractivity contribution is -0.134. The van der Waals surface area contributed by atoms with Crippen LogP contribution in [0.3, 0.4) is 0 Å². The van der Waals surface area contributed by atoms with Crippen molar-refractivity contribution in [2.45, 2.75) is 84.5 Å². The maximum atomic E-state index is 11.3. The third-order valence-corrected chi connectivity index (χ3v) is 5.31. The fourth-order valence-corrected chi connectivity index (χ4v) is 3.67. The fourth-order valence-electron chi connectivity index (χ4n) is 3.67. The molecule has 1 heterocycles. The second-order valence-corrected chi connectivity index (χ2v) is 7.23. The minimum Gasteiger partial charge on any atom is -0.425 e. The first-order valence-electron chi connectivity index (χ1n) is 9.86. The maximum Gasteiger partial charge on any atom is 0.310 e. The highest BCUT2D eigenvalue weighted by Crippen LogP contribution is 2.34. The molecule has 1 fully saturated rings. The lowest BCUT2D eigenvalue weighted by atomic mass is 9.78. The second kappa shape index (κ2) is 10.5. The first-order valence-corrected chi connectivity index (χ1v) is 9.86. The second-order valence-electron chi connectivity index (χ2n) is 7.23. The number of ether oxygens (including phenoxy) is 1. The lowest BCUT2D eigenvalue weighted by Gasteiger charge is -2.28. The van der Waals surface area contributed by atoms with Crippen molar-refractivity contribution in [3.8, 4) is 5.75 Å². The quantitative estimate of drug-likeness (QED) is 0.429. The van der Waals surface area contributed by atoms with Gasteiger partial charge < -0.3 is 4.74 Å². The molecule has 1 aromatic rings. The van der Waals surface area contributed by atoms with Crippen molar-refractivity contribution in [1.29, 1.82) is 0 Å². The monoisotopic (exact) mass is 331 g/mol. The summed E-state index contributed by atoms with van der Waals surface area (Å²) >= 11 is 0. The van der Waals surface area contributed by atoms with Gasteiger partial charge in [0.15, 0.2) is 0 Å². The normalized spacial score (nSPS) is 20.8. The Morgan fingerprint density at radius 2 is 1.79 bits per heavy atom. The van der Waals surface area contributed by atoms with Crippen molar-refractivity contribution in [1.82, 2.24) is 4.98 Å². The van der Waals surface area contributed by atoms with Gasteiger partial charge in [-0.25, -0.2) is 0 Å². The summed E-state index contributed by atoms with van der Waals surface area (Å²) in [7, 11) is 0. The van der Waals surface area contributed by atoms with Crippen LogP contribution in [0, 0.1) is 11.8 Å². The number of hydrogen-bond donors (Lipinski definition) is 0. The molecule has 0 spiro atoms. The predicted molar refractivity (Wildman–Crippen MR) is 98.1 cm³/mol. The number of pyridine rings is 1. The van der Waals surface area contributed by atoms with Gasteiger partial charge in [0.05, 0.1) is 6.20 Å². The van der Waals surface area contributed by atoms with Gasteiger partial charge in [-0.2, -0.15) is 0 Å². The first-order chi connectivity index (χ1) is 11.7. The Kier molecular flexibility index (Phi) is 8.27. The molecule has 0 aromatic carbocycles. The molecule has 0 saturated heterocycles. The minimum absolute atomic E-state index is 0.208. The first kappa shape index (κ1) is 19.0. The van der Waals surface area contributed by atoms with Crippen molar-refractivity contribution < 1.29 is 9.53 Å². The van der Waals surface area contributed by atoms with E-state index in [4.69, 9.17) is 4.74 Å². The van der Waals surface area contributed by atoms with E-state index in [0.29, 0.717) is 12.2 Å². The van der Waals surface area contributed by atoms with Gasteiger partial charge in [-0.1, -0.05) is 65.2 Å². The van der Waals surface area contributed by atoms with Gasteiger partial charge in [-0.15, -0.1) is 0 Å². The molecular formula is C21H33NO2. The predicted octanol–water partition coefficient (Wildman–Crippen LogP) is 5.72. The smallest absolute Gasteiger partial charge is 0.310 e. The number of rotatable bonds is 9. The van der Waals surface area contributed by atoms with Crippen LogP contribution in [0.2, 0.25) is 0 Å².